The molecule has 0 aliphatic heterocycles. The van der Waals surface area contributed by atoms with Crippen molar-refractivity contribution < 1.29 is 8.42 Å². The molecule has 102 valence electrons. The second kappa shape index (κ2) is 6.20. The van der Waals surface area contributed by atoms with E-state index in [9.17, 15) is 8.42 Å². The molecule has 0 spiro atoms. The van der Waals surface area contributed by atoms with Gasteiger partial charge >= 0.3 is 0 Å². The lowest BCUT2D eigenvalue weighted by Gasteiger charge is -2.19. The van der Waals surface area contributed by atoms with Crippen molar-refractivity contribution in [3.05, 3.63) is 23.8 Å². The molecule has 0 aromatic heterocycles. The highest BCUT2D eigenvalue weighted by molar-refractivity contribution is 7.89. The molecular weight excluding hydrogens is 248 g/mol. The van der Waals surface area contributed by atoms with Crippen LogP contribution in [0.3, 0.4) is 0 Å². The van der Waals surface area contributed by atoms with Crippen LogP contribution in [0.5, 0.6) is 0 Å². The maximum absolute atomic E-state index is 12.4. The quantitative estimate of drug-likeness (QED) is 0.637. The first-order valence-electron chi connectivity index (χ1n) is 6.22. The first-order chi connectivity index (χ1) is 8.41. The summed E-state index contributed by atoms with van der Waals surface area (Å²) in [4.78, 5) is 0.240. The number of nitrogens with zero attached hydrogens (tertiary/aromatic N) is 1. The van der Waals surface area contributed by atoms with Gasteiger partial charge in [-0.1, -0.05) is 31.9 Å². The van der Waals surface area contributed by atoms with Gasteiger partial charge in [0.2, 0.25) is 10.0 Å². The van der Waals surface area contributed by atoms with Gasteiger partial charge in [0.25, 0.3) is 0 Å². The van der Waals surface area contributed by atoms with Gasteiger partial charge in [-0.2, -0.15) is 0 Å². The predicted octanol–water partition coefficient (Wildman–Crippen LogP) is 2.39. The van der Waals surface area contributed by atoms with Gasteiger partial charge in [-0.25, -0.2) is 12.7 Å². The first kappa shape index (κ1) is 15.0. The van der Waals surface area contributed by atoms with Crippen LogP contribution in [0.25, 0.3) is 0 Å². The summed E-state index contributed by atoms with van der Waals surface area (Å²) >= 11 is 0. The second-order valence-electron chi connectivity index (χ2n) is 4.53. The molecule has 5 heteroatoms. The third-order valence-electron chi connectivity index (χ3n) is 2.99. The number of rotatable bonds is 6. The first-order valence-corrected chi connectivity index (χ1v) is 7.66. The van der Waals surface area contributed by atoms with Crippen LogP contribution in [0.1, 0.15) is 31.7 Å². The van der Waals surface area contributed by atoms with Gasteiger partial charge in [0.15, 0.2) is 0 Å². The maximum atomic E-state index is 12.4. The standard InChI is InChI=1S/C13H22N2O2S/c1-4-5-6-10-15(3)18(16,17)13-11(2)8-7-9-12(13)14/h7-9H,4-6,10,14H2,1-3H3. The van der Waals surface area contributed by atoms with E-state index in [0.29, 0.717) is 17.8 Å². The molecule has 1 aromatic carbocycles. The molecule has 0 aliphatic carbocycles. The Labute approximate surface area is 110 Å². The highest BCUT2D eigenvalue weighted by Gasteiger charge is 2.24. The van der Waals surface area contributed by atoms with Crippen LogP contribution in [-0.4, -0.2) is 26.3 Å². The van der Waals surface area contributed by atoms with Crippen LogP contribution in [0.15, 0.2) is 23.1 Å². The third kappa shape index (κ3) is 3.23. The molecule has 0 atom stereocenters. The van der Waals surface area contributed by atoms with Crippen molar-refractivity contribution in [3.8, 4) is 0 Å². The third-order valence-corrected chi connectivity index (χ3v) is 5.06. The Hall–Kier alpha value is -1.07. The Balaban J connectivity index is 2.99. The van der Waals surface area contributed by atoms with E-state index in [1.165, 1.54) is 4.31 Å². The lowest BCUT2D eigenvalue weighted by atomic mass is 10.2. The molecule has 0 heterocycles. The number of unbranched alkanes of at least 4 members (excludes halogenated alkanes) is 2. The molecule has 0 saturated heterocycles. The molecular formula is C13H22N2O2S. The Morgan fingerprint density at radius 1 is 1.28 bits per heavy atom. The van der Waals surface area contributed by atoms with Gasteiger partial charge < -0.3 is 5.73 Å². The largest absolute Gasteiger partial charge is 0.398 e. The molecule has 0 amide bonds. The lowest BCUT2D eigenvalue weighted by Crippen LogP contribution is -2.29. The molecule has 0 bridgehead atoms. The van der Waals surface area contributed by atoms with E-state index < -0.39 is 10.0 Å². The van der Waals surface area contributed by atoms with E-state index in [1.54, 1.807) is 32.2 Å². The number of anilines is 1. The fourth-order valence-corrected chi connectivity index (χ4v) is 3.41. The van der Waals surface area contributed by atoms with Crippen LogP contribution in [-0.2, 0) is 10.0 Å². The normalized spacial score (nSPS) is 12.0. The SMILES string of the molecule is CCCCCN(C)S(=O)(=O)c1c(C)cccc1N. The molecule has 1 rings (SSSR count). The van der Waals surface area contributed by atoms with Crippen LogP contribution < -0.4 is 5.73 Å². The van der Waals surface area contributed by atoms with Crippen LogP contribution in [0, 0.1) is 6.92 Å². The van der Waals surface area contributed by atoms with Crippen LogP contribution >= 0.6 is 0 Å². The summed E-state index contributed by atoms with van der Waals surface area (Å²) in [5, 5.41) is 0. The second-order valence-corrected chi connectivity index (χ2v) is 6.51. The Morgan fingerprint density at radius 2 is 1.94 bits per heavy atom. The van der Waals surface area contributed by atoms with Crippen molar-refractivity contribution in [2.45, 2.75) is 38.0 Å². The summed E-state index contributed by atoms with van der Waals surface area (Å²) in [6, 6.07) is 5.16. The van der Waals surface area contributed by atoms with E-state index in [4.69, 9.17) is 5.73 Å². The topological polar surface area (TPSA) is 63.4 Å². The average molecular weight is 270 g/mol. The van der Waals surface area contributed by atoms with E-state index in [-0.39, 0.29) is 4.90 Å². The minimum atomic E-state index is -3.47. The summed E-state index contributed by atoms with van der Waals surface area (Å²) in [5.74, 6) is 0. The Morgan fingerprint density at radius 3 is 2.50 bits per heavy atom. The molecule has 0 aliphatic rings. The minimum Gasteiger partial charge on any atom is -0.398 e. The molecule has 0 saturated carbocycles. The molecule has 0 unspecified atom stereocenters. The zero-order chi connectivity index (χ0) is 13.8. The number of benzene rings is 1. The number of nitrogens with two attached hydrogens (primary N) is 1. The van der Waals surface area contributed by atoms with Gasteiger partial charge in [-0.05, 0) is 25.0 Å². The highest BCUT2D eigenvalue weighted by atomic mass is 32.2. The number of hydrogen-bond donors (Lipinski definition) is 1. The maximum Gasteiger partial charge on any atom is 0.245 e. The van der Waals surface area contributed by atoms with E-state index >= 15 is 0 Å². The van der Waals surface area contributed by atoms with Crippen LogP contribution in [0.4, 0.5) is 5.69 Å². The summed E-state index contributed by atoms with van der Waals surface area (Å²) < 4.78 is 26.2. The lowest BCUT2D eigenvalue weighted by molar-refractivity contribution is 0.454. The molecule has 0 fully saturated rings. The Kier molecular flexibility index (Phi) is 5.16. The van der Waals surface area contributed by atoms with Crippen molar-refractivity contribution in [1.29, 1.82) is 0 Å². The number of nitrogen functional groups attached to an aromatic ring is 1. The number of hydrogen-bond acceptors (Lipinski definition) is 3. The molecule has 4 nitrogen and oxygen atoms in total. The monoisotopic (exact) mass is 270 g/mol. The molecule has 18 heavy (non-hydrogen) atoms. The van der Waals surface area contributed by atoms with Gasteiger partial charge in [-0.15, -0.1) is 0 Å². The summed E-state index contributed by atoms with van der Waals surface area (Å²) in [5.41, 5.74) is 6.80. The highest BCUT2D eigenvalue weighted by Crippen LogP contribution is 2.25. The average Bonchev–Trinajstić information content (AvgIpc) is 2.28. The van der Waals surface area contributed by atoms with Crippen molar-refractivity contribution in [3.63, 3.8) is 0 Å². The Bertz CT molecular complexity index is 477. The van der Waals surface area contributed by atoms with E-state index in [2.05, 4.69) is 6.92 Å². The molecule has 1 aromatic rings. The van der Waals surface area contributed by atoms with Crippen molar-refractivity contribution >= 4 is 15.7 Å². The zero-order valence-corrected chi connectivity index (χ0v) is 12.1. The van der Waals surface area contributed by atoms with Gasteiger partial charge in [-0.3, -0.25) is 0 Å². The fraction of sp³-hybridized carbons (Fsp3) is 0.538. The summed E-state index contributed by atoms with van der Waals surface area (Å²) in [6.07, 6.45) is 2.97. The predicted molar refractivity (Wildman–Crippen MR) is 74.9 cm³/mol. The van der Waals surface area contributed by atoms with Crippen molar-refractivity contribution in [1.82, 2.24) is 4.31 Å². The summed E-state index contributed by atoms with van der Waals surface area (Å²) in [7, 11) is -1.86. The number of sulfonamides is 1. The van der Waals surface area contributed by atoms with Crippen LogP contribution in [0.2, 0.25) is 0 Å². The number of aryl methyl sites for hydroxylation is 1. The minimum absolute atomic E-state index is 0.240. The summed E-state index contributed by atoms with van der Waals surface area (Å²) in [6.45, 7) is 4.39. The molecule has 2 N–H and O–H groups in total. The van der Waals surface area contributed by atoms with Gasteiger partial charge in [0.1, 0.15) is 4.90 Å². The zero-order valence-electron chi connectivity index (χ0n) is 11.3. The smallest absolute Gasteiger partial charge is 0.245 e. The fourth-order valence-electron chi connectivity index (χ4n) is 1.89. The molecule has 0 radical (unpaired) electrons. The van der Waals surface area contributed by atoms with E-state index in [0.717, 1.165) is 19.3 Å². The van der Waals surface area contributed by atoms with Gasteiger partial charge in [0.05, 0.1) is 5.69 Å². The van der Waals surface area contributed by atoms with Crippen molar-refractivity contribution in [2.24, 2.45) is 0 Å². The van der Waals surface area contributed by atoms with Crippen molar-refractivity contribution in [2.75, 3.05) is 19.3 Å². The van der Waals surface area contributed by atoms with Gasteiger partial charge in [0, 0.05) is 13.6 Å². The van der Waals surface area contributed by atoms with E-state index in [1.807, 2.05) is 0 Å².